The van der Waals surface area contributed by atoms with Gasteiger partial charge in [-0.2, -0.15) is 0 Å². The molecule has 0 N–H and O–H groups in total. The van der Waals surface area contributed by atoms with E-state index in [1.165, 1.54) is 12.0 Å². The Kier molecular flexibility index (Phi) is 7.08. The number of hydrogen-bond acceptors (Lipinski definition) is 2. The summed E-state index contributed by atoms with van der Waals surface area (Å²) in [6.45, 7) is 13.7. The Balaban J connectivity index is 2.72. The fourth-order valence-corrected chi connectivity index (χ4v) is 2.55. The lowest BCUT2D eigenvalue weighted by atomic mass is 9.82. The highest BCUT2D eigenvalue weighted by Crippen LogP contribution is 2.32. The van der Waals surface area contributed by atoms with Crippen molar-refractivity contribution in [2.24, 2.45) is 11.8 Å². The Hall–Kier alpha value is -1.02. The van der Waals surface area contributed by atoms with E-state index in [2.05, 4.69) is 52.0 Å². The lowest BCUT2D eigenvalue weighted by Gasteiger charge is -2.24. The largest absolute Gasteiger partial charge is 0.465 e. The molecule has 1 aromatic carbocycles. The molecular weight excluding hydrogens is 248 g/mol. The van der Waals surface area contributed by atoms with Gasteiger partial charge in [-0.3, -0.25) is 0 Å². The average Bonchev–Trinajstić information content (AvgIpc) is 2.37. The third-order valence-electron chi connectivity index (χ3n) is 3.54. The van der Waals surface area contributed by atoms with Gasteiger partial charge in [0.15, 0.2) is 6.29 Å². The minimum absolute atomic E-state index is 0.192. The molecule has 0 saturated heterocycles. The van der Waals surface area contributed by atoms with Gasteiger partial charge >= 0.3 is 0 Å². The predicted molar refractivity (Wildman–Crippen MR) is 85.2 cm³/mol. The molecule has 2 unspecified atom stereocenters. The quantitative estimate of drug-likeness (QED) is 0.606. The normalized spacial score (nSPS) is 14.6. The summed E-state index contributed by atoms with van der Waals surface area (Å²) in [5.41, 5.74) is 1.41. The van der Waals surface area contributed by atoms with Crippen LogP contribution in [0, 0.1) is 11.8 Å². The van der Waals surface area contributed by atoms with Gasteiger partial charge in [0.25, 0.3) is 0 Å². The predicted octanol–water partition coefficient (Wildman–Crippen LogP) is 5.23. The molecule has 0 amide bonds. The standard InChI is InChI=1S/C18H30O2/c1-7-19-15(6)20-17-10-8-16(9-11-17)18(14(4)5)12-13(2)3/h8-11,13-15,18H,7,12H2,1-6H3. The first kappa shape index (κ1) is 17.0. The molecule has 0 spiro atoms. The molecule has 0 fully saturated rings. The SMILES string of the molecule is CCOC(C)Oc1ccc(C(CC(C)C)C(C)C)cc1. The second-order valence-electron chi connectivity index (χ2n) is 6.19. The Labute approximate surface area is 124 Å². The fourth-order valence-electron chi connectivity index (χ4n) is 2.55. The minimum Gasteiger partial charge on any atom is -0.465 e. The first-order chi connectivity index (χ1) is 9.43. The summed E-state index contributed by atoms with van der Waals surface area (Å²) >= 11 is 0. The molecule has 2 heteroatoms. The zero-order valence-electron chi connectivity index (χ0n) is 13.8. The summed E-state index contributed by atoms with van der Waals surface area (Å²) in [4.78, 5) is 0. The van der Waals surface area contributed by atoms with Gasteiger partial charge in [0.1, 0.15) is 5.75 Å². The third-order valence-corrected chi connectivity index (χ3v) is 3.54. The minimum atomic E-state index is -0.192. The van der Waals surface area contributed by atoms with Crippen molar-refractivity contribution < 1.29 is 9.47 Å². The van der Waals surface area contributed by atoms with Crippen molar-refractivity contribution in [1.82, 2.24) is 0 Å². The van der Waals surface area contributed by atoms with E-state index >= 15 is 0 Å². The summed E-state index contributed by atoms with van der Waals surface area (Å²) in [6.07, 6.45) is 1.04. The van der Waals surface area contributed by atoms with Crippen LogP contribution >= 0.6 is 0 Å². The van der Waals surface area contributed by atoms with Gasteiger partial charge in [0.05, 0.1) is 0 Å². The van der Waals surface area contributed by atoms with Gasteiger partial charge in [0.2, 0.25) is 0 Å². The number of benzene rings is 1. The maximum absolute atomic E-state index is 5.71. The van der Waals surface area contributed by atoms with E-state index in [-0.39, 0.29) is 6.29 Å². The molecule has 1 aromatic rings. The van der Waals surface area contributed by atoms with Gasteiger partial charge in [-0.15, -0.1) is 0 Å². The van der Waals surface area contributed by atoms with Crippen LogP contribution in [0.25, 0.3) is 0 Å². The first-order valence-electron chi connectivity index (χ1n) is 7.82. The number of ether oxygens (including phenoxy) is 2. The number of rotatable bonds is 8. The summed E-state index contributed by atoms with van der Waals surface area (Å²) < 4.78 is 11.1. The molecule has 0 saturated carbocycles. The highest BCUT2D eigenvalue weighted by molar-refractivity contribution is 5.29. The van der Waals surface area contributed by atoms with Crippen LogP contribution in [0.5, 0.6) is 5.75 Å². The zero-order valence-corrected chi connectivity index (χ0v) is 13.8. The molecule has 2 nitrogen and oxygen atoms in total. The first-order valence-corrected chi connectivity index (χ1v) is 7.82. The highest BCUT2D eigenvalue weighted by Gasteiger charge is 2.17. The fraction of sp³-hybridized carbons (Fsp3) is 0.667. The van der Waals surface area contributed by atoms with Gasteiger partial charge in [-0.1, -0.05) is 39.8 Å². The second kappa shape index (κ2) is 8.31. The second-order valence-corrected chi connectivity index (χ2v) is 6.19. The molecular formula is C18H30O2. The molecule has 20 heavy (non-hydrogen) atoms. The summed E-state index contributed by atoms with van der Waals surface area (Å²) in [5.74, 6) is 2.87. The van der Waals surface area contributed by atoms with Gasteiger partial charge in [-0.25, -0.2) is 0 Å². The van der Waals surface area contributed by atoms with E-state index in [0.717, 1.165) is 11.7 Å². The lowest BCUT2D eigenvalue weighted by molar-refractivity contribution is -0.0613. The Morgan fingerprint density at radius 3 is 2.00 bits per heavy atom. The Bertz CT molecular complexity index is 368. The smallest absolute Gasteiger partial charge is 0.196 e. The van der Waals surface area contributed by atoms with E-state index in [9.17, 15) is 0 Å². The van der Waals surface area contributed by atoms with E-state index in [1.807, 2.05) is 13.8 Å². The van der Waals surface area contributed by atoms with Crippen LogP contribution in [-0.4, -0.2) is 12.9 Å². The number of hydrogen-bond donors (Lipinski definition) is 0. The molecule has 0 radical (unpaired) electrons. The third kappa shape index (κ3) is 5.54. The Morgan fingerprint density at radius 1 is 0.950 bits per heavy atom. The Morgan fingerprint density at radius 2 is 1.55 bits per heavy atom. The maximum Gasteiger partial charge on any atom is 0.196 e. The molecule has 0 aliphatic rings. The molecule has 1 rings (SSSR count). The molecule has 0 heterocycles. The van der Waals surface area contributed by atoms with Crippen molar-refractivity contribution in [2.45, 2.75) is 60.2 Å². The maximum atomic E-state index is 5.71. The molecule has 0 aromatic heterocycles. The van der Waals surface area contributed by atoms with Crippen LogP contribution in [0.1, 0.15) is 59.4 Å². The van der Waals surface area contributed by atoms with E-state index < -0.39 is 0 Å². The summed E-state index contributed by atoms with van der Waals surface area (Å²) in [5, 5.41) is 0. The van der Waals surface area contributed by atoms with Crippen LogP contribution in [-0.2, 0) is 4.74 Å². The summed E-state index contributed by atoms with van der Waals surface area (Å²) in [7, 11) is 0. The molecule has 0 bridgehead atoms. The van der Waals surface area contributed by atoms with Crippen molar-refractivity contribution in [3.05, 3.63) is 29.8 Å². The van der Waals surface area contributed by atoms with Crippen LogP contribution < -0.4 is 4.74 Å². The monoisotopic (exact) mass is 278 g/mol. The molecule has 0 aliphatic heterocycles. The highest BCUT2D eigenvalue weighted by atomic mass is 16.7. The summed E-state index contributed by atoms with van der Waals surface area (Å²) in [6, 6.07) is 8.50. The van der Waals surface area contributed by atoms with E-state index in [1.54, 1.807) is 0 Å². The topological polar surface area (TPSA) is 18.5 Å². The molecule has 0 aliphatic carbocycles. The van der Waals surface area contributed by atoms with Crippen molar-refractivity contribution in [2.75, 3.05) is 6.61 Å². The van der Waals surface area contributed by atoms with Crippen molar-refractivity contribution in [3.63, 3.8) is 0 Å². The van der Waals surface area contributed by atoms with Gasteiger partial charge in [0, 0.05) is 6.61 Å². The van der Waals surface area contributed by atoms with Crippen LogP contribution in [0.3, 0.4) is 0 Å². The molecule has 114 valence electrons. The van der Waals surface area contributed by atoms with Gasteiger partial charge in [-0.05, 0) is 55.7 Å². The van der Waals surface area contributed by atoms with E-state index in [4.69, 9.17) is 9.47 Å². The van der Waals surface area contributed by atoms with Gasteiger partial charge < -0.3 is 9.47 Å². The molecule has 2 atom stereocenters. The zero-order chi connectivity index (χ0) is 15.1. The van der Waals surface area contributed by atoms with Crippen LogP contribution in [0.2, 0.25) is 0 Å². The van der Waals surface area contributed by atoms with E-state index in [0.29, 0.717) is 18.4 Å². The average molecular weight is 278 g/mol. The van der Waals surface area contributed by atoms with Crippen molar-refractivity contribution >= 4 is 0 Å². The lowest BCUT2D eigenvalue weighted by Crippen LogP contribution is -2.16. The van der Waals surface area contributed by atoms with Crippen LogP contribution in [0.4, 0.5) is 0 Å². The van der Waals surface area contributed by atoms with Crippen molar-refractivity contribution in [1.29, 1.82) is 0 Å². The van der Waals surface area contributed by atoms with Crippen LogP contribution in [0.15, 0.2) is 24.3 Å². The van der Waals surface area contributed by atoms with Crippen molar-refractivity contribution in [3.8, 4) is 5.75 Å².